The average molecular weight is 209 g/mol. The summed E-state index contributed by atoms with van der Waals surface area (Å²) in [6, 6.07) is 0. The van der Waals surface area contributed by atoms with E-state index in [4.69, 9.17) is 5.73 Å². The third-order valence-corrected chi connectivity index (χ3v) is 2.74. The molecule has 1 aromatic heterocycles. The van der Waals surface area contributed by atoms with Gasteiger partial charge in [0.05, 0.1) is 12.2 Å². The zero-order valence-corrected chi connectivity index (χ0v) is 9.02. The first-order chi connectivity index (χ1) is 7.38. The summed E-state index contributed by atoms with van der Waals surface area (Å²) in [5.74, 6) is 1.01. The van der Waals surface area contributed by atoms with Gasteiger partial charge in [-0.25, -0.2) is 0 Å². The zero-order chi connectivity index (χ0) is 10.5. The van der Waals surface area contributed by atoms with E-state index in [0.29, 0.717) is 6.54 Å². The van der Waals surface area contributed by atoms with Crippen LogP contribution < -0.4 is 11.1 Å². The van der Waals surface area contributed by atoms with Crippen molar-refractivity contribution in [2.45, 2.75) is 32.4 Å². The number of aromatic nitrogens is 3. The van der Waals surface area contributed by atoms with Crippen LogP contribution in [0.15, 0.2) is 6.20 Å². The minimum atomic E-state index is 0.467. The molecule has 1 aliphatic carbocycles. The summed E-state index contributed by atoms with van der Waals surface area (Å²) in [6.45, 7) is 3.43. The van der Waals surface area contributed by atoms with Crippen LogP contribution >= 0.6 is 0 Å². The van der Waals surface area contributed by atoms with Gasteiger partial charge in [0.2, 0.25) is 0 Å². The number of nitrogens with zero attached hydrogens (tertiary/aromatic N) is 3. The van der Waals surface area contributed by atoms with Crippen LogP contribution in [-0.4, -0.2) is 28.1 Å². The monoisotopic (exact) mass is 209 g/mol. The lowest BCUT2D eigenvalue weighted by Gasteiger charge is -2.03. The molecule has 0 unspecified atom stereocenters. The molecule has 15 heavy (non-hydrogen) atoms. The fourth-order valence-electron chi connectivity index (χ4n) is 1.57. The Morgan fingerprint density at radius 3 is 3.00 bits per heavy atom. The Morgan fingerprint density at radius 1 is 1.47 bits per heavy atom. The maximum atomic E-state index is 5.45. The van der Waals surface area contributed by atoms with Gasteiger partial charge in [0.1, 0.15) is 0 Å². The standard InChI is InChI=1S/C10H19N5/c11-7-10-8-15(14-13-10)6-5-12-4-3-9-1-2-9/h8-9,12H,1-7,11H2. The van der Waals surface area contributed by atoms with Crippen molar-refractivity contribution in [2.75, 3.05) is 13.1 Å². The van der Waals surface area contributed by atoms with Crippen LogP contribution in [0.2, 0.25) is 0 Å². The smallest absolute Gasteiger partial charge is 0.0962 e. The Morgan fingerprint density at radius 2 is 2.33 bits per heavy atom. The summed E-state index contributed by atoms with van der Waals surface area (Å²) in [4.78, 5) is 0. The molecule has 0 saturated heterocycles. The first-order valence-corrected chi connectivity index (χ1v) is 5.68. The predicted octanol–water partition coefficient (Wildman–Crippen LogP) is 0.126. The van der Waals surface area contributed by atoms with Crippen LogP contribution in [-0.2, 0) is 13.1 Å². The molecule has 84 valence electrons. The molecule has 0 atom stereocenters. The molecule has 1 aromatic rings. The van der Waals surface area contributed by atoms with Crippen LogP contribution in [0.25, 0.3) is 0 Å². The van der Waals surface area contributed by atoms with Crippen LogP contribution in [0.3, 0.4) is 0 Å². The number of rotatable bonds is 7. The molecule has 0 spiro atoms. The first-order valence-electron chi connectivity index (χ1n) is 5.68. The van der Waals surface area contributed by atoms with Crippen LogP contribution in [0.1, 0.15) is 25.0 Å². The summed E-state index contributed by atoms with van der Waals surface area (Å²) in [5, 5.41) is 11.3. The Hall–Kier alpha value is -0.940. The van der Waals surface area contributed by atoms with Crippen molar-refractivity contribution in [1.29, 1.82) is 0 Å². The SMILES string of the molecule is NCc1cn(CCNCCC2CC2)nn1. The van der Waals surface area contributed by atoms with Crippen molar-refractivity contribution in [3.05, 3.63) is 11.9 Å². The quantitative estimate of drug-likeness (QED) is 0.626. The van der Waals surface area contributed by atoms with Gasteiger partial charge in [-0.15, -0.1) is 5.10 Å². The maximum absolute atomic E-state index is 5.45. The van der Waals surface area contributed by atoms with Gasteiger partial charge in [0, 0.05) is 19.3 Å². The predicted molar refractivity (Wildman–Crippen MR) is 58.1 cm³/mol. The van der Waals surface area contributed by atoms with E-state index >= 15 is 0 Å². The molecule has 0 amide bonds. The highest BCUT2D eigenvalue weighted by Gasteiger charge is 2.19. The Balaban J connectivity index is 1.56. The van der Waals surface area contributed by atoms with Crippen LogP contribution in [0.5, 0.6) is 0 Å². The van der Waals surface area contributed by atoms with Gasteiger partial charge < -0.3 is 11.1 Å². The van der Waals surface area contributed by atoms with Crippen LogP contribution in [0.4, 0.5) is 0 Å². The van der Waals surface area contributed by atoms with Gasteiger partial charge >= 0.3 is 0 Å². The maximum Gasteiger partial charge on any atom is 0.0962 e. The lowest BCUT2D eigenvalue weighted by molar-refractivity contribution is 0.526. The van der Waals surface area contributed by atoms with E-state index in [-0.39, 0.29) is 0 Å². The summed E-state index contributed by atoms with van der Waals surface area (Å²) >= 11 is 0. The van der Waals surface area contributed by atoms with Gasteiger partial charge in [0.15, 0.2) is 0 Å². The molecule has 0 aromatic carbocycles. The molecule has 2 rings (SSSR count). The fraction of sp³-hybridized carbons (Fsp3) is 0.800. The van der Waals surface area contributed by atoms with Crippen LogP contribution in [0, 0.1) is 5.92 Å². The normalized spacial score (nSPS) is 15.8. The summed E-state index contributed by atoms with van der Waals surface area (Å²) in [7, 11) is 0. The van der Waals surface area contributed by atoms with Gasteiger partial charge in [-0.2, -0.15) is 0 Å². The van der Waals surface area contributed by atoms with Crippen molar-refractivity contribution < 1.29 is 0 Å². The molecule has 0 radical (unpaired) electrons. The Kier molecular flexibility index (Phi) is 3.69. The molecular formula is C10H19N5. The second kappa shape index (κ2) is 5.23. The molecule has 0 bridgehead atoms. The summed E-state index contributed by atoms with van der Waals surface area (Å²) in [5.41, 5.74) is 6.30. The highest BCUT2D eigenvalue weighted by Crippen LogP contribution is 2.31. The molecule has 1 aliphatic rings. The molecular weight excluding hydrogens is 190 g/mol. The van der Waals surface area contributed by atoms with Crippen molar-refractivity contribution >= 4 is 0 Å². The fourth-order valence-corrected chi connectivity index (χ4v) is 1.57. The van der Waals surface area contributed by atoms with Gasteiger partial charge in [-0.05, 0) is 18.9 Å². The van der Waals surface area contributed by atoms with E-state index in [1.165, 1.54) is 19.3 Å². The van der Waals surface area contributed by atoms with E-state index in [1.54, 1.807) is 0 Å². The van der Waals surface area contributed by atoms with E-state index < -0.39 is 0 Å². The second-order valence-electron chi connectivity index (χ2n) is 4.16. The largest absolute Gasteiger partial charge is 0.325 e. The lowest BCUT2D eigenvalue weighted by Crippen LogP contribution is -2.21. The third-order valence-electron chi connectivity index (χ3n) is 2.74. The topological polar surface area (TPSA) is 68.8 Å². The number of hydrogen-bond donors (Lipinski definition) is 2. The third kappa shape index (κ3) is 3.60. The Labute approximate surface area is 90.0 Å². The van der Waals surface area contributed by atoms with Gasteiger partial charge in [-0.3, -0.25) is 4.68 Å². The molecule has 3 N–H and O–H groups in total. The van der Waals surface area contributed by atoms with Crippen molar-refractivity contribution in [2.24, 2.45) is 11.7 Å². The highest BCUT2D eigenvalue weighted by atomic mass is 15.4. The minimum absolute atomic E-state index is 0.467. The number of nitrogens with one attached hydrogen (secondary N) is 1. The second-order valence-corrected chi connectivity index (χ2v) is 4.16. The molecule has 5 nitrogen and oxygen atoms in total. The van der Waals surface area contributed by atoms with Gasteiger partial charge in [0.25, 0.3) is 0 Å². The number of hydrogen-bond acceptors (Lipinski definition) is 4. The Bertz CT molecular complexity index is 292. The molecule has 1 fully saturated rings. The molecule has 1 heterocycles. The zero-order valence-electron chi connectivity index (χ0n) is 9.02. The molecule has 5 heteroatoms. The minimum Gasteiger partial charge on any atom is -0.325 e. The summed E-state index contributed by atoms with van der Waals surface area (Å²) in [6.07, 6.45) is 6.10. The summed E-state index contributed by atoms with van der Waals surface area (Å²) < 4.78 is 1.84. The molecule has 0 aliphatic heterocycles. The van der Waals surface area contributed by atoms with Gasteiger partial charge in [-0.1, -0.05) is 18.1 Å². The van der Waals surface area contributed by atoms with Crippen molar-refractivity contribution in [3.8, 4) is 0 Å². The van der Waals surface area contributed by atoms with E-state index in [1.807, 2.05) is 10.9 Å². The average Bonchev–Trinajstić information content (AvgIpc) is 2.96. The first kappa shape index (κ1) is 10.6. The highest BCUT2D eigenvalue weighted by molar-refractivity contribution is 4.90. The van der Waals surface area contributed by atoms with E-state index in [0.717, 1.165) is 31.2 Å². The van der Waals surface area contributed by atoms with Crippen molar-refractivity contribution in [3.63, 3.8) is 0 Å². The van der Waals surface area contributed by atoms with E-state index in [2.05, 4.69) is 15.6 Å². The lowest BCUT2D eigenvalue weighted by atomic mass is 10.3. The van der Waals surface area contributed by atoms with E-state index in [9.17, 15) is 0 Å². The number of nitrogens with two attached hydrogens (primary N) is 1. The van der Waals surface area contributed by atoms with Crippen molar-refractivity contribution in [1.82, 2.24) is 20.3 Å². The molecule has 1 saturated carbocycles.